The van der Waals surface area contributed by atoms with Crippen LogP contribution in [0.5, 0.6) is 0 Å². The van der Waals surface area contributed by atoms with Crippen molar-refractivity contribution in [1.82, 2.24) is 9.78 Å². The molecular formula is C19H24F3N3O3. The van der Waals surface area contributed by atoms with Gasteiger partial charge >= 0.3 is 6.03 Å². The number of nitrogens with zero attached hydrogens (tertiary/aromatic N) is 2. The number of aromatic nitrogens is 2. The number of ether oxygens (including phenoxy) is 1. The number of nitrogens with two attached hydrogens (primary N) is 1. The molecule has 0 atom stereocenters. The minimum absolute atomic E-state index is 0.0277. The van der Waals surface area contributed by atoms with Gasteiger partial charge in [-0.05, 0) is 17.9 Å². The van der Waals surface area contributed by atoms with Crippen LogP contribution in [0.2, 0.25) is 0 Å². The van der Waals surface area contributed by atoms with E-state index in [1.165, 1.54) is 0 Å². The lowest BCUT2D eigenvalue weighted by Gasteiger charge is -2.14. The first-order valence-corrected chi connectivity index (χ1v) is 8.79. The molecule has 9 heteroatoms. The number of carbonyl (C=O) groups is 1. The number of halogens is 3. The SMILES string of the molecule is CC(C)(C)CCO.NC(=O)n1nc(-c2cc(F)c(F)cc2F)c2c1CCOC2. The molecule has 0 aliphatic carbocycles. The summed E-state index contributed by atoms with van der Waals surface area (Å²) < 4.78 is 46.4. The maximum atomic E-state index is 13.9. The summed E-state index contributed by atoms with van der Waals surface area (Å²) in [6, 6.07) is 0.305. The van der Waals surface area contributed by atoms with Crippen LogP contribution in [0, 0.1) is 22.9 Å². The second-order valence-corrected chi connectivity index (χ2v) is 7.61. The van der Waals surface area contributed by atoms with E-state index in [1.807, 2.05) is 0 Å². The second kappa shape index (κ2) is 8.74. The number of hydrogen-bond donors (Lipinski definition) is 2. The van der Waals surface area contributed by atoms with E-state index in [4.69, 9.17) is 15.6 Å². The molecule has 1 aliphatic rings. The highest BCUT2D eigenvalue weighted by atomic mass is 19.2. The fourth-order valence-electron chi connectivity index (χ4n) is 2.67. The van der Waals surface area contributed by atoms with Gasteiger partial charge in [0.05, 0.1) is 18.9 Å². The number of amides is 1. The molecule has 0 fully saturated rings. The summed E-state index contributed by atoms with van der Waals surface area (Å²) in [5, 5.41) is 12.3. The zero-order valence-electron chi connectivity index (χ0n) is 16.1. The van der Waals surface area contributed by atoms with Gasteiger partial charge in [0, 0.05) is 30.2 Å². The van der Waals surface area contributed by atoms with Crippen molar-refractivity contribution in [3.63, 3.8) is 0 Å². The first-order chi connectivity index (χ1) is 13.0. The summed E-state index contributed by atoms with van der Waals surface area (Å²) in [6.07, 6.45) is 1.27. The number of aliphatic hydroxyl groups excluding tert-OH is 1. The minimum atomic E-state index is -1.30. The van der Waals surface area contributed by atoms with Crippen molar-refractivity contribution >= 4 is 6.03 Å². The second-order valence-electron chi connectivity index (χ2n) is 7.61. The van der Waals surface area contributed by atoms with Crippen molar-refractivity contribution in [3.8, 4) is 11.3 Å². The molecule has 3 rings (SSSR count). The van der Waals surface area contributed by atoms with Crippen LogP contribution in [0.25, 0.3) is 11.3 Å². The van der Waals surface area contributed by atoms with Crippen LogP contribution in [0.15, 0.2) is 12.1 Å². The zero-order valence-corrected chi connectivity index (χ0v) is 16.1. The summed E-state index contributed by atoms with van der Waals surface area (Å²) in [4.78, 5) is 11.4. The van der Waals surface area contributed by atoms with Gasteiger partial charge in [0.15, 0.2) is 11.6 Å². The highest BCUT2D eigenvalue weighted by Crippen LogP contribution is 2.31. The van der Waals surface area contributed by atoms with Crippen molar-refractivity contribution < 1.29 is 27.8 Å². The van der Waals surface area contributed by atoms with E-state index in [0.717, 1.165) is 11.1 Å². The highest BCUT2D eigenvalue weighted by Gasteiger charge is 2.26. The van der Waals surface area contributed by atoms with Crippen LogP contribution in [0.3, 0.4) is 0 Å². The van der Waals surface area contributed by atoms with Crippen molar-refractivity contribution in [2.24, 2.45) is 11.1 Å². The molecule has 28 heavy (non-hydrogen) atoms. The summed E-state index contributed by atoms with van der Waals surface area (Å²) >= 11 is 0. The Balaban J connectivity index is 0.000000345. The molecule has 1 amide bonds. The average molecular weight is 399 g/mol. The Hall–Kier alpha value is -2.39. The molecule has 1 aromatic carbocycles. The lowest BCUT2D eigenvalue weighted by atomic mass is 9.93. The predicted octanol–water partition coefficient (Wildman–Crippen LogP) is 3.38. The Morgan fingerprint density at radius 2 is 1.89 bits per heavy atom. The van der Waals surface area contributed by atoms with Crippen molar-refractivity contribution in [2.75, 3.05) is 13.2 Å². The van der Waals surface area contributed by atoms with E-state index in [2.05, 4.69) is 25.9 Å². The quantitative estimate of drug-likeness (QED) is 0.758. The van der Waals surface area contributed by atoms with E-state index in [9.17, 15) is 18.0 Å². The van der Waals surface area contributed by atoms with Gasteiger partial charge in [0.25, 0.3) is 0 Å². The minimum Gasteiger partial charge on any atom is -0.396 e. The van der Waals surface area contributed by atoms with Crippen LogP contribution in [0.1, 0.15) is 38.4 Å². The van der Waals surface area contributed by atoms with E-state index < -0.39 is 23.5 Å². The third-order valence-electron chi connectivity index (χ3n) is 4.16. The van der Waals surface area contributed by atoms with Gasteiger partial charge in [-0.2, -0.15) is 9.78 Å². The number of carbonyl (C=O) groups excluding carboxylic acids is 1. The highest BCUT2D eigenvalue weighted by molar-refractivity contribution is 5.77. The summed E-state index contributed by atoms with van der Waals surface area (Å²) in [5.41, 5.74) is 6.24. The normalized spacial score (nSPS) is 13.5. The van der Waals surface area contributed by atoms with Crippen molar-refractivity contribution in [1.29, 1.82) is 0 Å². The van der Waals surface area contributed by atoms with E-state index >= 15 is 0 Å². The molecule has 154 valence electrons. The predicted molar refractivity (Wildman–Crippen MR) is 97.0 cm³/mol. The maximum absolute atomic E-state index is 13.9. The van der Waals surface area contributed by atoms with Crippen LogP contribution < -0.4 is 5.73 Å². The zero-order chi connectivity index (χ0) is 21.1. The van der Waals surface area contributed by atoms with E-state index in [1.54, 1.807) is 0 Å². The largest absolute Gasteiger partial charge is 0.396 e. The summed E-state index contributed by atoms with van der Waals surface area (Å²) in [7, 11) is 0. The molecular weight excluding hydrogens is 375 g/mol. The van der Waals surface area contributed by atoms with Crippen LogP contribution in [0.4, 0.5) is 18.0 Å². The molecule has 0 unspecified atom stereocenters. The molecule has 6 nitrogen and oxygen atoms in total. The molecule has 0 spiro atoms. The molecule has 0 bridgehead atoms. The van der Waals surface area contributed by atoms with Crippen LogP contribution in [-0.4, -0.2) is 34.1 Å². The Kier molecular flexibility index (Phi) is 6.84. The van der Waals surface area contributed by atoms with Crippen LogP contribution in [-0.2, 0) is 17.8 Å². The molecule has 1 aromatic heterocycles. The van der Waals surface area contributed by atoms with Crippen molar-refractivity contribution in [2.45, 2.75) is 40.2 Å². The summed E-state index contributed by atoms with van der Waals surface area (Å²) in [5.74, 6) is -3.47. The molecule has 1 aliphatic heterocycles. The molecule has 3 N–H and O–H groups in total. The maximum Gasteiger partial charge on any atom is 0.339 e. The Bertz CT molecular complexity index is 860. The first kappa shape index (κ1) is 21.9. The molecule has 2 heterocycles. The topological polar surface area (TPSA) is 90.4 Å². The third kappa shape index (κ3) is 5.11. The van der Waals surface area contributed by atoms with E-state index in [0.29, 0.717) is 48.4 Å². The average Bonchev–Trinajstić information content (AvgIpc) is 2.97. The molecule has 0 radical (unpaired) electrons. The Labute approximate surface area is 161 Å². The summed E-state index contributed by atoms with van der Waals surface area (Å²) in [6.45, 7) is 7.11. The number of primary amides is 1. The van der Waals surface area contributed by atoms with E-state index in [-0.39, 0.29) is 17.9 Å². The smallest absolute Gasteiger partial charge is 0.339 e. The van der Waals surface area contributed by atoms with Gasteiger partial charge in [-0.1, -0.05) is 20.8 Å². The molecule has 0 saturated heterocycles. The lowest BCUT2D eigenvalue weighted by Crippen LogP contribution is -2.25. The standard InChI is InChI=1S/C13H10F3N3O2.C6H14O/c14-8-4-10(16)9(15)3-6(8)12-7-5-21-2-1-11(7)19(18-12)13(17)20;1-6(2,3)4-5-7/h3-4H,1-2,5H2,(H2,17,20);7H,4-5H2,1-3H3. The first-order valence-electron chi connectivity index (χ1n) is 8.79. The van der Waals surface area contributed by atoms with Gasteiger partial charge in [-0.15, -0.1) is 0 Å². The third-order valence-corrected chi connectivity index (χ3v) is 4.16. The lowest BCUT2D eigenvalue weighted by molar-refractivity contribution is 0.109. The molecule has 2 aromatic rings. The number of rotatable bonds is 2. The Morgan fingerprint density at radius 1 is 1.25 bits per heavy atom. The van der Waals surface area contributed by atoms with Gasteiger partial charge < -0.3 is 15.6 Å². The van der Waals surface area contributed by atoms with Crippen molar-refractivity contribution in [3.05, 3.63) is 40.8 Å². The number of benzene rings is 1. The van der Waals surface area contributed by atoms with Gasteiger partial charge in [0.1, 0.15) is 11.5 Å². The molecule has 0 saturated carbocycles. The monoisotopic (exact) mass is 399 g/mol. The number of fused-ring (bicyclic) bond motifs is 1. The van der Waals surface area contributed by atoms with Crippen LogP contribution >= 0.6 is 0 Å². The Morgan fingerprint density at radius 3 is 2.43 bits per heavy atom. The fourth-order valence-corrected chi connectivity index (χ4v) is 2.67. The fraction of sp³-hybridized carbons (Fsp3) is 0.474. The number of hydrogen-bond acceptors (Lipinski definition) is 4. The van der Waals surface area contributed by atoms with Gasteiger partial charge in [0.2, 0.25) is 0 Å². The van der Waals surface area contributed by atoms with Gasteiger partial charge in [-0.25, -0.2) is 18.0 Å². The number of aliphatic hydroxyl groups is 1. The van der Waals surface area contributed by atoms with Gasteiger partial charge in [-0.3, -0.25) is 0 Å².